The summed E-state index contributed by atoms with van der Waals surface area (Å²) in [6.45, 7) is 4.49. The Morgan fingerprint density at radius 3 is 2.33 bits per heavy atom. The minimum atomic E-state index is -1.03. The molecule has 1 heterocycles. The highest BCUT2D eigenvalue weighted by molar-refractivity contribution is 5.86. The number of methoxy groups -OCH3 is 1. The highest BCUT2D eigenvalue weighted by Crippen LogP contribution is 2.44. The van der Waals surface area contributed by atoms with Gasteiger partial charge in [-0.1, -0.05) is 54.6 Å². The second-order valence-electron chi connectivity index (χ2n) is 7.93. The lowest BCUT2D eigenvalue weighted by atomic mass is 9.84. The average Bonchev–Trinajstić information content (AvgIpc) is 3.11. The maximum atomic E-state index is 13.2. The van der Waals surface area contributed by atoms with Crippen molar-refractivity contribution in [3.05, 3.63) is 72.3 Å². The zero-order valence-electron chi connectivity index (χ0n) is 17.3. The second-order valence-corrected chi connectivity index (χ2v) is 7.93. The van der Waals surface area contributed by atoms with Crippen LogP contribution in [0.2, 0.25) is 0 Å². The largest absolute Gasteiger partial charge is 0.467 e. The van der Waals surface area contributed by atoms with Crippen molar-refractivity contribution in [2.24, 2.45) is 0 Å². The molecule has 2 aromatic carbocycles. The van der Waals surface area contributed by atoms with Gasteiger partial charge in [0.1, 0.15) is 12.1 Å². The lowest BCUT2D eigenvalue weighted by Gasteiger charge is -2.43. The van der Waals surface area contributed by atoms with Crippen molar-refractivity contribution in [2.75, 3.05) is 20.3 Å². The first-order valence-electron chi connectivity index (χ1n) is 10.4. The van der Waals surface area contributed by atoms with Gasteiger partial charge in [-0.2, -0.15) is 0 Å². The van der Waals surface area contributed by atoms with E-state index in [0.717, 1.165) is 24.0 Å². The molecule has 1 atom stereocenters. The minimum absolute atomic E-state index is 0.0157. The minimum Gasteiger partial charge on any atom is -0.467 e. The molecule has 1 unspecified atom stereocenters. The Hall–Kier alpha value is -3.08. The van der Waals surface area contributed by atoms with Gasteiger partial charge < -0.3 is 9.47 Å². The Balaban J connectivity index is 1.57. The van der Waals surface area contributed by atoms with Crippen molar-refractivity contribution in [1.82, 2.24) is 4.90 Å². The van der Waals surface area contributed by atoms with Gasteiger partial charge in [-0.25, -0.2) is 9.59 Å². The summed E-state index contributed by atoms with van der Waals surface area (Å²) in [5.74, 6) is -0.423. The molecule has 1 fully saturated rings. The third kappa shape index (κ3) is 3.28. The summed E-state index contributed by atoms with van der Waals surface area (Å²) < 4.78 is 10.9. The predicted octanol–water partition coefficient (Wildman–Crippen LogP) is 4.91. The lowest BCUT2D eigenvalue weighted by molar-refractivity contribution is -0.156. The van der Waals surface area contributed by atoms with Crippen LogP contribution in [0.1, 0.15) is 42.7 Å². The van der Waals surface area contributed by atoms with E-state index in [1.807, 2.05) is 24.3 Å². The molecule has 156 valence electrons. The third-order valence-corrected chi connectivity index (χ3v) is 6.34. The van der Waals surface area contributed by atoms with E-state index in [-0.39, 0.29) is 12.5 Å². The number of piperidine rings is 1. The number of hydrogen-bond acceptors (Lipinski definition) is 4. The van der Waals surface area contributed by atoms with E-state index in [9.17, 15) is 9.59 Å². The Bertz CT molecular complexity index is 924. The van der Waals surface area contributed by atoms with Crippen molar-refractivity contribution >= 4 is 12.1 Å². The second kappa shape index (κ2) is 8.34. The number of rotatable bonds is 5. The number of carbonyl (C=O) groups excluding carboxylic acids is 2. The Morgan fingerprint density at radius 2 is 1.73 bits per heavy atom. The molecule has 0 bridgehead atoms. The van der Waals surface area contributed by atoms with Gasteiger partial charge in [-0.15, -0.1) is 6.58 Å². The summed E-state index contributed by atoms with van der Waals surface area (Å²) in [7, 11) is 1.36. The Kier molecular flexibility index (Phi) is 5.62. The highest BCUT2D eigenvalue weighted by atomic mass is 16.6. The molecule has 5 heteroatoms. The van der Waals surface area contributed by atoms with Gasteiger partial charge in [0.25, 0.3) is 0 Å². The van der Waals surface area contributed by atoms with Crippen LogP contribution in [0, 0.1) is 0 Å². The quantitative estimate of drug-likeness (QED) is 0.524. The van der Waals surface area contributed by atoms with Crippen molar-refractivity contribution in [3.8, 4) is 11.1 Å². The smallest absolute Gasteiger partial charge is 0.410 e. The molecule has 30 heavy (non-hydrogen) atoms. The Morgan fingerprint density at radius 1 is 1.10 bits per heavy atom. The topological polar surface area (TPSA) is 55.8 Å². The zero-order chi connectivity index (χ0) is 21.1. The van der Waals surface area contributed by atoms with E-state index in [1.165, 1.54) is 18.2 Å². The summed E-state index contributed by atoms with van der Waals surface area (Å²) in [5, 5.41) is 0. The van der Waals surface area contributed by atoms with Crippen molar-refractivity contribution in [1.29, 1.82) is 0 Å². The summed E-state index contributed by atoms with van der Waals surface area (Å²) in [5.41, 5.74) is 3.66. The first-order valence-corrected chi connectivity index (χ1v) is 10.4. The van der Waals surface area contributed by atoms with Gasteiger partial charge in [-0.3, -0.25) is 4.90 Å². The maximum absolute atomic E-state index is 13.2. The van der Waals surface area contributed by atoms with Crippen LogP contribution in [0.15, 0.2) is 61.2 Å². The molecule has 0 spiro atoms. The molecule has 0 N–H and O–H groups in total. The molecule has 2 aliphatic rings. The van der Waals surface area contributed by atoms with E-state index in [2.05, 4.69) is 30.8 Å². The van der Waals surface area contributed by atoms with Gasteiger partial charge in [0.15, 0.2) is 0 Å². The van der Waals surface area contributed by atoms with Gasteiger partial charge in [0.2, 0.25) is 0 Å². The van der Waals surface area contributed by atoms with Gasteiger partial charge >= 0.3 is 12.1 Å². The molecule has 1 saturated heterocycles. The van der Waals surface area contributed by atoms with Crippen LogP contribution in [0.4, 0.5) is 4.79 Å². The summed E-state index contributed by atoms with van der Waals surface area (Å²) in [4.78, 5) is 27.4. The third-order valence-electron chi connectivity index (χ3n) is 6.34. The first kappa shape index (κ1) is 20.2. The number of hydrogen-bond donors (Lipinski definition) is 0. The number of likely N-dealkylation sites (tertiary alicyclic amines) is 1. The lowest BCUT2D eigenvalue weighted by Crippen LogP contribution is -2.59. The number of nitrogens with zero attached hydrogens (tertiary/aromatic N) is 1. The summed E-state index contributed by atoms with van der Waals surface area (Å²) >= 11 is 0. The number of amides is 1. The molecule has 1 aliphatic carbocycles. The van der Waals surface area contributed by atoms with Crippen LogP contribution in [-0.2, 0) is 14.3 Å². The molecule has 1 amide bonds. The van der Waals surface area contributed by atoms with Crippen LogP contribution in [0.25, 0.3) is 11.1 Å². The highest BCUT2D eigenvalue weighted by Gasteiger charge is 2.49. The van der Waals surface area contributed by atoms with Crippen molar-refractivity contribution in [2.45, 2.75) is 37.1 Å². The molecular weight excluding hydrogens is 378 g/mol. The number of esters is 1. The molecule has 1 aliphatic heterocycles. The van der Waals surface area contributed by atoms with Crippen LogP contribution in [0.3, 0.4) is 0 Å². The fraction of sp³-hybridized carbons (Fsp3) is 0.360. The number of fused-ring (bicyclic) bond motifs is 3. The van der Waals surface area contributed by atoms with E-state index in [1.54, 1.807) is 11.0 Å². The summed E-state index contributed by atoms with van der Waals surface area (Å²) in [6.07, 6.45) is 3.80. The number of carbonyl (C=O) groups is 2. The molecule has 2 aromatic rings. The van der Waals surface area contributed by atoms with Gasteiger partial charge in [-0.05, 0) is 47.9 Å². The average molecular weight is 405 g/mol. The molecule has 0 radical (unpaired) electrons. The van der Waals surface area contributed by atoms with Crippen LogP contribution >= 0.6 is 0 Å². The molecule has 0 aromatic heterocycles. The fourth-order valence-corrected chi connectivity index (χ4v) is 4.91. The predicted molar refractivity (Wildman–Crippen MR) is 115 cm³/mol. The fourth-order valence-electron chi connectivity index (χ4n) is 4.91. The summed E-state index contributed by atoms with van der Waals surface area (Å²) in [6, 6.07) is 16.5. The van der Waals surface area contributed by atoms with Crippen LogP contribution in [-0.4, -0.2) is 42.8 Å². The number of ether oxygens (including phenoxy) is 2. The maximum Gasteiger partial charge on any atom is 0.410 e. The molecule has 0 saturated carbocycles. The van der Waals surface area contributed by atoms with E-state index in [0.29, 0.717) is 19.4 Å². The Labute approximate surface area is 177 Å². The molecular formula is C25H27NO4. The SMILES string of the molecule is C=CCC1(C(=O)OC)CCCCN1C(=O)OCC1c2ccccc2-c2ccccc21. The first-order chi connectivity index (χ1) is 14.6. The van der Waals surface area contributed by atoms with Crippen LogP contribution < -0.4 is 0 Å². The van der Waals surface area contributed by atoms with Gasteiger partial charge in [0, 0.05) is 12.5 Å². The standard InChI is InChI=1S/C25H27NO4/c1-3-14-25(23(27)29-2)15-8-9-16-26(25)24(28)30-17-22-20-12-6-4-10-18(20)19-11-5-7-13-21(19)22/h3-7,10-13,22H,1,8-9,14-17H2,2H3. The zero-order valence-corrected chi connectivity index (χ0v) is 17.3. The van der Waals surface area contributed by atoms with Crippen molar-refractivity contribution in [3.63, 3.8) is 0 Å². The van der Waals surface area contributed by atoms with Crippen molar-refractivity contribution < 1.29 is 19.1 Å². The van der Waals surface area contributed by atoms with E-state index < -0.39 is 17.6 Å². The monoisotopic (exact) mass is 405 g/mol. The molecule has 5 nitrogen and oxygen atoms in total. The van der Waals surface area contributed by atoms with Crippen LogP contribution in [0.5, 0.6) is 0 Å². The van der Waals surface area contributed by atoms with Gasteiger partial charge in [0.05, 0.1) is 7.11 Å². The van der Waals surface area contributed by atoms with E-state index >= 15 is 0 Å². The number of benzene rings is 2. The molecule has 4 rings (SSSR count). The normalized spacial score (nSPS) is 20.2. The van der Waals surface area contributed by atoms with E-state index in [4.69, 9.17) is 9.47 Å².